The van der Waals surface area contributed by atoms with Crippen molar-refractivity contribution in [1.82, 2.24) is 5.32 Å². The van der Waals surface area contributed by atoms with Crippen molar-refractivity contribution in [2.75, 3.05) is 11.1 Å². The number of benzene rings is 2. The van der Waals surface area contributed by atoms with Gasteiger partial charge in [-0.25, -0.2) is 0 Å². The largest absolute Gasteiger partial charge is 0.573 e. The second-order valence-electron chi connectivity index (χ2n) is 5.39. The molecule has 2 aromatic carbocycles. The maximum Gasteiger partial charge on any atom is 0.573 e. The summed E-state index contributed by atoms with van der Waals surface area (Å²) in [6, 6.07) is 10.4. The Bertz CT molecular complexity index is 855. The zero-order valence-electron chi connectivity index (χ0n) is 13.2. The Hall–Kier alpha value is -2.68. The van der Waals surface area contributed by atoms with E-state index in [2.05, 4.69) is 15.4 Å². The van der Waals surface area contributed by atoms with E-state index in [0.717, 1.165) is 4.90 Å². The molecule has 0 saturated heterocycles. The van der Waals surface area contributed by atoms with Gasteiger partial charge in [0.25, 0.3) is 5.91 Å². The molecule has 0 aromatic heterocycles. The summed E-state index contributed by atoms with van der Waals surface area (Å²) >= 11 is 1.37. The topological polar surface area (TPSA) is 67.4 Å². The average Bonchev–Trinajstić information content (AvgIpc) is 2.58. The van der Waals surface area contributed by atoms with Gasteiger partial charge in [-0.05, 0) is 24.3 Å². The third kappa shape index (κ3) is 4.48. The highest BCUT2D eigenvalue weighted by Gasteiger charge is 2.32. The standard InChI is InChI=1S/C17H13F3N2O3S/c18-17(19,20)25-13-4-2-1-3-11(13)8-21-16(24)10-5-6-14-12(7-10)22-15(23)9-26-14/h1-7H,8-9H2,(H,21,24)(H,22,23). The number of hydrogen-bond donors (Lipinski definition) is 2. The van der Waals surface area contributed by atoms with E-state index in [-0.39, 0.29) is 23.8 Å². The lowest BCUT2D eigenvalue weighted by atomic mass is 10.1. The molecule has 2 N–H and O–H groups in total. The Morgan fingerprint density at radius 3 is 2.77 bits per heavy atom. The van der Waals surface area contributed by atoms with Gasteiger partial charge in [-0.1, -0.05) is 18.2 Å². The first-order valence-electron chi connectivity index (χ1n) is 7.50. The van der Waals surface area contributed by atoms with Gasteiger partial charge >= 0.3 is 6.36 Å². The van der Waals surface area contributed by atoms with Crippen LogP contribution in [0.15, 0.2) is 47.4 Å². The number of nitrogens with one attached hydrogen (secondary N) is 2. The fraction of sp³-hybridized carbons (Fsp3) is 0.176. The summed E-state index contributed by atoms with van der Waals surface area (Å²) in [5.74, 6) is -0.679. The molecule has 2 amide bonds. The number of para-hydroxylation sites is 1. The summed E-state index contributed by atoms with van der Waals surface area (Å²) in [5, 5.41) is 5.23. The maximum atomic E-state index is 12.4. The minimum Gasteiger partial charge on any atom is -0.405 e. The molecule has 0 spiro atoms. The third-order valence-electron chi connectivity index (χ3n) is 3.51. The fourth-order valence-electron chi connectivity index (χ4n) is 2.38. The first kappa shape index (κ1) is 18.1. The number of fused-ring (bicyclic) bond motifs is 1. The molecular formula is C17H13F3N2O3S. The molecule has 0 fully saturated rings. The van der Waals surface area contributed by atoms with Crippen molar-refractivity contribution in [3.63, 3.8) is 0 Å². The van der Waals surface area contributed by atoms with Crippen LogP contribution in [0.5, 0.6) is 5.75 Å². The summed E-state index contributed by atoms with van der Waals surface area (Å²) < 4.78 is 41.2. The Labute approximate surface area is 150 Å². The number of rotatable bonds is 4. The Kier molecular flexibility index (Phi) is 5.08. The van der Waals surface area contributed by atoms with Crippen molar-refractivity contribution in [2.24, 2.45) is 0 Å². The van der Waals surface area contributed by atoms with Crippen molar-refractivity contribution in [2.45, 2.75) is 17.8 Å². The Morgan fingerprint density at radius 1 is 1.23 bits per heavy atom. The summed E-state index contributed by atoms with van der Waals surface area (Å²) in [6.07, 6.45) is -4.81. The molecule has 5 nitrogen and oxygen atoms in total. The number of hydrogen-bond acceptors (Lipinski definition) is 4. The van der Waals surface area contributed by atoms with Gasteiger partial charge in [0.1, 0.15) is 5.75 Å². The molecule has 0 unspecified atom stereocenters. The van der Waals surface area contributed by atoms with Crippen LogP contribution in [-0.4, -0.2) is 23.9 Å². The number of anilines is 1. The quantitative estimate of drug-likeness (QED) is 0.849. The van der Waals surface area contributed by atoms with Gasteiger partial charge in [-0.3, -0.25) is 9.59 Å². The first-order valence-corrected chi connectivity index (χ1v) is 8.49. The number of alkyl halides is 3. The van der Waals surface area contributed by atoms with Crippen molar-refractivity contribution < 1.29 is 27.5 Å². The van der Waals surface area contributed by atoms with E-state index < -0.39 is 12.3 Å². The first-order chi connectivity index (χ1) is 12.3. The van der Waals surface area contributed by atoms with Crippen LogP contribution in [0.1, 0.15) is 15.9 Å². The highest BCUT2D eigenvalue weighted by atomic mass is 32.2. The lowest BCUT2D eigenvalue weighted by molar-refractivity contribution is -0.274. The van der Waals surface area contributed by atoms with E-state index in [9.17, 15) is 22.8 Å². The van der Waals surface area contributed by atoms with Crippen LogP contribution in [0, 0.1) is 0 Å². The summed E-state index contributed by atoms with van der Waals surface area (Å²) in [7, 11) is 0. The normalized spacial score (nSPS) is 13.6. The zero-order chi connectivity index (χ0) is 18.7. The lowest BCUT2D eigenvalue weighted by Gasteiger charge is -2.17. The van der Waals surface area contributed by atoms with Crippen LogP contribution < -0.4 is 15.4 Å². The van der Waals surface area contributed by atoms with Gasteiger partial charge in [0.2, 0.25) is 5.91 Å². The van der Waals surface area contributed by atoms with Crippen LogP contribution in [0.3, 0.4) is 0 Å². The van der Waals surface area contributed by atoms with Crippen LogP contribution >= 0.6 is 11.8 Å². The predicted molar refractivity (Wildman–Crippen MR) is 90.1 cm³/mol. The third-order valence-corrected chi connectivity index (χ3v) is 4.59. The minimum absolute atomic E-state index is 0.136. The van der Waals surface area contributed by atoms with Crippen LogP contribution in [0.4, 0.5) is 18.9 Å². The predicted octanol–water partition coefficient (Wildman–Crippen LogP) is 3.56. The summed E-state index contributed by atoms with van der Waals surface area (Å²) in [6.45, 7) is -0.136. The van der Waals surface area contributed by atoms with Gasteiger partial charge in [-0.2, -0.15) is 0 Å². The molecule has 1 aliphatic heterocycles. The monoisotopic (exact) mass is 382 g/mol. The number of thioether (sulfide) groups is 1. The second kappa shape index (κ2) is 7.28. The Balaban J connectivity index is 1.70. The number of carbonyl (C=O) groups excluding carboxylic acids is 2. The van der Waals surface area contributed by atoms with Crippen molar-refractivity contribution in [1.29, 1.82) is 0 Å². The van der Waals surface area contributed by atoms with Gasteiger partial charge in [0.05, 0.1) is 11.4 Å². The molecule has 1 aliphatic rings. The highest BCUT2D eigenvalue weighted by Crippen LogP contribution is 2.32. The van der Waals surface area contributed by atoms with Crippen LogP contribution in [0.25, 0.3) is 0 Å². The van der Waals surface area contributed by atoms with E-state index >= 15 is 0 Å². The van der Waals surface area contributed by atoms with Gasteiger partial charge in [0, 0.05) is 22.6 Å². The molecule has 0 aliphatic carbocycles. The maximum absolute atomic E-state index is 12.4. The number of amides is 2. The van der Waals surface area contributed by atoms with E-state index in [0.29, 0.717) is 17.0 Å². The minimum atomic E-state index is -4.81. The molecule has 0 atom stereocenters. The van der Waals surface area contributed by atoms with E-state index in [1.807, 2.05) is 0 Å². The average molecular weight is 382 g/mol. The van der Waals surface area contributed by atoms with Crippen LogP contribution in [0.2, 0.25) is 0 Å². The number of carbonyl (C=O) groups is 2. The molecule has 2 aromatic rings. The van der Waals surface area contributed by atoms with Gasteiger partial charge < -0.3 is 15.4 Å². The molecule has 9 heteroatoms. The summed E-state index contributed by atoms with van der Waals surface area (Å²) in [5.41, 5.74) is 1.03. The lowest BCUT2D eigenvalue weighted by Crippen LogP contribution is -2.25. The van der Waals surface area contributed by atoms with Gasteiger partial charge in [-0.15, -0.1) is 24.9 Å². The molecule has 26 heavy (non-hydrogen) atoms. The van der Waals surface area contributed by atoms with E-state index in [1.54, 1.807) is 18.2 Å². The SMILES string of the molecule is O=C1CSc2ccc(C(=O)NCc3ccccc3OC(F)(F)F)cc2N1. The van der Waals surface area contributed by atoms with Crippen LogP contribution in [-0.2, 0) is 11.3 Å². The Morgan fingerprint density at radius 2 is 2.00 bits per heavy atom. The van der Waals surface area contributed by atoms with E-state index in [1.165, 1.54) is 36.0 Å². The van der Waals surface area contributed by atoms with Gasteiger partial charge in [0.15, 0.2) is 0 Å². The van der Waals surface area contributed by atoms with Crippen molar-refractivity contribution in [3.05, 3.63) is 53.6 Å². The number of halogens is 3. The van der Waals surface area contributed by atoms with Crippen molar-refractivity contribution >= 4 is 29.3 Å². The smallest absolute Gasteiger partial charge is 0.405 e. The molecule has 3 rings (SSSR count). The molecule has 0 radical (unpaired) electrons. The molecule has 0 bridgehead atoms. The molecule has 136 valence electrons. The van der Waals surface area contributed by atoms with Crippen molar-refractivity contribution in [3.8, 4) is 5.75 Å². The zero-order valence-corrected chi connectivity index (χ0v) is 14.0. The molecule has 1 heterocycles. The highest BCUT2D eigenvalue weighted by molar-refractivity contribution is 8.00. The number of ether oxygens (including phenoxy) is 1. The van der Waals surface area contributed by atoms with E-state index in [4.69, 9.17) is 0 Å². The molecular weight excluding hydrogens is 369 g/mol. The fourth-order valence-corrected chi connectivity index (χ4v) is 3.16. The summed E-state index contributed by atoms with van der Waals surface area (Å²) in [4.78, 5) is 24.6. The second-order valence-corrected chi connectivity index (χ2v) is 6.40. The molecule has 0 saturated carbocycles.